The van der Waals surface area contributed by atoms with Crippen molar-refractivity contribution in [2.24, 2.45) is 0 Å². The van der Waals surface area contributed by atoms with E-state index >= 15 is 0 Å². The lowest BCUT2D eigenvalue weighted by Crippen LogP contribution is -2.29. The molecule has 0 saturated heterocycles. The van der Waals surface area contributed by atoms with E-state index in [2.05, 4.69) is 22.1 Å². The van der Waals surface area contributed by atoms with Crippen molar-refractivity contribution in [3.8, 4) is 29.1 Å². The summed E-state index contributed by atoms with van der Waals surface area (Å²) in [5, 5.41) is 19.2. The summed E-state index contributed by atoms with van der Waals surface area (Å²) in [6, 6.07) is 31.0. The second kappa shape index (κ2) is 9.82. The zero-order valence-electron chi connectivity index (χ0n) is 19.5. The lowest BCUT2D eigenvalue weighted by atomic mass is 9.72. The van der Waals surface area contributed by atoms with E-state index in [1.54, 1.807) is 12.1 Å². The Bertz CT molecular complexity index is 1500. The number of nitrogens with zero attached hydrogens (tertiary/aromatic N) is 4. The highest BCUT2D eigenvalue weighted by Crippen LogP contribution is 2.52. The molecule has 0 spiro atoms. The van der Waals surface area contributed by atoms with Crippen LogP contribution in [0.2, 0.25) is 0 Å². The number of nitriles is 2. The van der Waals surface area contributed by atoms with Gasteiger partial charge in [-0.2, -0.15) is 10.5 Å². The van der Waals surface area contributed by atoms with E-state index in [0.717, 1.165) is 23.1 Å². The van der Waals surface area contributed by atoms with E-state index in [0.29, 0.717) is 30.0 Å². The molecular formula is C30H22N4O2. The molecule has 36 heavy (non-hydrogen) atoms. The lowest BCUT2D eigenvalue weighted by Gasteiger charge is -2.31. The number of fused-ring (bicyclic) bond motifs is 3. The standard InChI is InChI=1S/C30H22N4O2/c31-19-25-26(20-32)34-29-28(33-25)23-13-7-8-14-24(23)30(29,17-15-21-9-3-1-4-10-21)18-16-27(35)36-22-11-5-2-6-12-22/h1-14H,15-18H2. The Hall–Kier alpha value is -4.81. The zero-order valence-corrected chi connectivity index (χ0v) is 19.5. The summed E-state index contributed by atoms with van der Waals surface area (Å²) in [5.41, 5.74) is 3.63. The molecule has 3 aromatic carbocycles. The van der Waals surface area contributed by atoms with Gasteiger partial charge in [-0.15, -0.1) is 0 Å². The van der Waals surface area contributed by atoms with Gasteiger partial charge in [-0.05, 0) is 42.5 Å². The Morgan fingerprint density at radius 3 is 2.17 bits per heavy atom. The summed E-state index contributed by atoms with van der Waals surface area (Å²) in [6.07, 6.45) is 1.99. The van der Waals surface area contributed by atoms with Gasteiger partial charge in [0.15, 0.2) is 11.4 Å². The maximum absolute atomic E-state index is 12.9. The zero-order chi connectivity index (χ0) is 25.0. The van der Waals surface area contributed by atoms with Crippen LogP contribution >= 0.6 is 0 Å². The molecule has 6 heteroatoms. The molecule has 1 atom stereocenters. The minimum Gasteiger partial charge on any atom is -0.427 e. The second-order valence-corrected chi connectivity index (χ2v) is 8.74. The summed E-state index contributed by atoms with van der Waals surface area (Å²) in [5.74, 6) is 0.159. The molecule has 0 fully saturated rings. The number of para-hydroxylation sites is 1. The van der Waals surface area contributed by atoms with Gasteiger partial charge in [0.05, 0.1) is 11.4 Å². The first-order valence-corrected chi connectivity index (χ1v) is 11.8. The third-order valence-corrected chi connectivity index (χ3v) is 6.67. The number of aryl methyl sites for hydroxylation is 1. The molecule has 0 N–H and O–H groups in total. The summed E-state index contributed by atoms with van der Waals surface area (Å²) >= 11 is 0. The van der Waals surface area contributed by atoms with E-state index in [9.17, 15) is 15.3 Å². The van der Waals surface area contributed by atoms with E-state index in [4.69, 9.17) is 4.74 Å². The summed E-state index contributed by atoms with van der Waals surface area (Å²) < 4.78 is 5.57. The Morgan fingerprint density at radius 1 is 0.806 bits per heavy atom. The van der Waals surface area contributed by atoms with Crippen LogP contribution in [0.15, 0.2) is 84.9 Å². The number of ether oxygens (including phenoxy) is 1. The van der Waals surface area contributed by atoms with Crippen molar-refractivity contribution in [2.45, 2.75) is 31.1 Å². The quantitative estimate of drug-likeness (QED) is 0.261. The number of benzene rings is 3. The third-order valence-electron chi connectivity index (χ3n) is 6.67. The van der Waals surface area contributed by atoms with Gasteiger partial charge in [-0.3, -0.25) is 4.79 Å². The summed E-state index contributed by atoms with van der Waals surface area (Å²) in [7, 11) is 0. The highest BCUT2D eigenvalue weighted by molar-refractivity contribution is 5.79. The number of aromatic nitrogens is 2. The minimum absolute atomic E-state index is 0.00000400. The molecule has 0 radical (unpaired) electrons. The van der Waals surface area contributed by atoms with Gasteiger partial charge in [-0.25, -0.2) is 9.97 Å². The number of rotatable bonds is 7. The predicted octanol–water partition coefficient (Wildman–Crippen LogP) is 5.51. The maximum atomic E-state index is 12.9. The summed E-state index contributed by atoms with van der Waals surface area (Å²) in [6.45, 7) is 0. The monoisotopic (exact) mass is 470 g/mol. The van der Waals surface area contributed by atoms with Crippen LogP contribution in [-0.4, -0.2) is 15.9 Å². The highest BCUT2D eigenvalue weighted by Gasteiger charge is 2.46. The Balaban J connectivity index is 1.57. The highest BCUT2D eigenvalue weighted by atomic mass is 16.5. The van der Waals surface area contributed by atoms with E-state index in [1.807, 2.05) is 72.8 Å². The number of hydrogen-bond acceptors (Lipinski definition) is 6. The molecule has 0 saturated carbocycles. The van der Waals surface area contributed by atoms with Crippen molar-refractivity contribution in [3.05, 3.63) is 113 Å². The molecule has 0 bridgehead atoms. The molecule has 1 heterocycles. The van der Waals surface area contributed by atoms with Crippen LogP contribution in [0.1, 0.15) is 47.5 Å². The van der Waals surface area contributed by atoms with E-state index in [-0.39, 0.29) is 23.8 Å². The normalized spacial score (nSPS) is 15.3. The fraction of sp³-hybridized carbons (Fsp3) is 0.167. The van der Waals surface area contributed by atoms with Crippen LogP contribution in [0.5, 0.6) is 5.75 Å². The van der Waals surface area contributed by atoms with E-state index < -0.39 is 5.41 Å². The number of carbonyl (C=O) groups excluding carboxylic acids is 1. The van der Waals surface area contributed by atoms with Crippen LogP contribution in [0.3, 0.4) is 0 Å². The molecule has 4 aromatic rings. The fourth-order valence-electron chi connectivity index (χ4n) is 4.97. The van der Waals surface area contributed by atoms with Crippen molar-refractivity contribution in [3.63, 3.8) is 0 Å². The molecule has 1 aromatic heterocycles. The number of carbonyl (C=O) groups is 1. The van der Waals surface area contributed by atoms with Crippen molar-refractivity contribution >= 4 is 5.97 Å². The van der Waals surface area contributed by atoms with Crippen molar-refractivity contribution in [1.82, 2.24) is 9.97 Å². The molecule has 5 rings (SSSR count). The molecule has 1 aliphatic carbocycles. The van der Waals surface area contributed by atoms with Crippen LogP contribution in [0.25, 0.3) is 11.3 Å². The Morgan fingerprint density at radius 2 is 1.44 bits per heavy atom. The van der Waals surface area contributed by atoms with Gasteiger partial charge in [0.2, 0.25) is 0 Å². The van der Waals surface area contributed by atoms with Crippen molar-refractivity contribution in [1.29, 1.82) is 10.5 Å². The van der Waals surface area contributed by atoms with Gasteiger partial charge < -0.3 is 4.74 Å². The predicted molar refractivity (Wildman–Crippen MR) is 134 cm³/mol. The minimum atomic E-state index is -0.663. The molecule has 1 unspecified atom stereocenters. The van der Waals surface area contributed by atoms with Crippen LogP contribution in [-0.2, 0) is 16.6 Å². The van der Waals surface area contributed by atoms with Crippen LogP contribution in [0, 0.1) is 22.7 Å². The maximum Gasteiger partial charge on any atom is 0.311 e. The average molecular weight is 471 g/mol. The van der Waals surface area contributed by atoms with E-state index in [1.165, 1.54) is 0 Å². The third kappa shape index (κ3) is 4.21. The Kier molecular flexibility index (Phi) is 6.26. The first-order valence-electron chi connectivity index (χ1n) is 11.8. The number of hydrogen-bond donors (Lipinski definition) is 0. The molecular weight excluding hydrogens is 448 g/mol. The van der Waals surface area contributed by atoms with Crippen LogP contribution < -0.4 is 4.74 Å². The first-order chi connectivity index (χ1) is 17.6. The lowest BCUT2D eigenvalue weighted by molar-refractivity contribution is -0.134. The average Bonchev–Trinajstić information content (AvgIpc) is 3.20. The Labute approximate surface area is 209 Å². The van der Waals surface area contributed by atoms with Gasteiger partial charge >= 0.3 is 5.97 Å². The SMILES string of the molecule is N#Cc1nc2c(nc1C#N)C(CCC(=O)Oc1ccccc1)(CCc1ccccc1)c1ccccc1-2. The van der Waals surface area contributed by atoms with Crippen LogP contribution in [0.4, 0.5) is 0 Å². The number of esters is 1. The molecule has 6 nitrogen and oxygen atoms in total. The fourth-order valence-corrected chi connectivity index (χ4v) is 4.97. The van der Waals surface area contributed by atoms with Gasteiger partial charge in [0, 0.05) is 17.4 Å². The molecule has 1 aliphatic rings. The van der Waals surface area contributed by atoms with Gasteiger partial charge in [0.25, 0.3) is 0 Å². The largest absolute Gasteiger partial charge is 0.427 e. The topological polar surface area (TPSA) is 99.7 Å². The molecule has 174 valence electrons. The van der Waals surface area contributed by atoms with Gasteiger partial charge in [-0.1, -0.05) is 72.8 Å². The first kappa shape index (κ1) is 23.0. The smallest absolute Gasteiger partial charge is 0.311 e. The van der Waals surface area contributed by atoms with Crippen molar-refractivity contribution < 1.29 is 9.53 Å². The summed E-state index contributed by atoms with van der Waals surface area (Å²) in [4.78, 5) is 22.1. The van der Waals surface area contributed by atoms with Crippen molar-refractivity contribution in [2.75, 3.05) is 0 Å². The molecule has 0 amide bonds. The molecule has 0 aliphatic heterocycles. The second-order valence-electron chi connectivity index (χ2n) is 8.74. The van der Waals surface area contributed by atoms with Gasteiger partial charge in [0.1, 0.15) is 17.9 Å².